The van der Waals surface area contributed by atoms with E-state index < -0.39 is 0 Å². The molecular formula is C32H35NO3. The number of ether oxygens (including phenoxy) is 3. The second-order valence-electron chi connectivity index (χ2n) is 8.91. The summed E-state index contributed by atoms with van der Waals surface area (Å²) in [6.07, 6.45) is 2.15. The number of methoxy groups -OCH3 is 2. The third-order valence-corrected chi connectivity index (χ3v) is 6.19. The number of rotatable bonds is 13. The fourth-order valence-electron chi connectivity index (χ4n) is 4.32. The normalized spacial score (nSPS) is 10.9. The molecule has 0 saturated heterocycles. The van der Waals surface area contributed by atoms with Gasteiger partial charge in [0.2, 0.25) is 0 Å². The van der Waals surface area contributed by atoms with Crippen LogP contribution in [0, 0.1) is 0 Å². The molecule has 4 aromatic carbocycles. The van der Waals surface area contributed by atoms with E-state index in [9.17, 15) is 0 Å². The van der Waals surface area contributed by atoms with E-state index in [-0.39, 0.29) is 0 Å². The molecular weight excluding hydrogens is 446 g/mol. The highest BCUT2D eigenvalue weighted by atomic mass is 16.5. The average Bonchev–Trinajstić information content (AvgIpc) is 2.93. The van der Waals surface area contributed by atoms with Gasteiger partial charge in [-0.2, -0.15) is 0 Å². The van der Waals surface area contributed by atoms with Gasteiger partial charge in [-0.3, -0.25) is 4.90 Å². The first kappa shape index (κ1) is 25.3. The predicted octanol–water partition coefficient (Wildman–Crippen LogP) is 6.92. The van der Waals surface area contributed by atoms with Gasteiger partial charge >= 0.3 is 0 Å². The Morgan fingerprint density at radius 2 is 1.25 bits per heavy atom. The third kappa shape index (κ3) is 7.62. The molecule has 0 bridgehead atoms. The molecule has 4 aromatic rings. The van der Waals surface area contributed by atoms with Crippen molar-refractivity contribution in [2.45, 2.75) is 32.5 Å². The van der Waals surface area contributed by atoms with Gasteiger partial charge in [-0.1, -0.05) is 78.9 Å². The largest absolute Gasteiger partial charge is 0.497 e. The molecule has 0 aliphatic rings. The van der Waals surface area contributed by atoms with Crippen LogP contribution in [0.15, 0.2) is 103 Å². The fourth-order valence-corrected chi connectivity index (χ4v) is 4.32. The van der Waals surface area contributed by atoms with E-state index in [1.165, 1.54) is 16.7 Å². The third-order valence-electron chi connectivity index (χ3n) is 6.19. The van der Waals surface area contributed by atoms with Gasteiger partial charge in [0.25, 0.3) is 0 Å². The molecule has 4 heteroatoms. The molecule has 0 atom stereocenters. The molecule has 0 fully saturated rings. The number of benzene rings is 4. The Morgan fingerprint density at radius 3 is 1.94 bits per heavy atom. The minimum atomic E-state index is 0.512. The van der Waals surface area contributed by atoms with Crippen molar-refractivity contribution in [2.75, 3.05) is 20.8 Å². The summed E-state index contributed by atoms with van der Waals surface area (Å²) in [6.45, 7) is 3.17. The van der Waals surface area contributed by atoms with Gasteiger partial charge in [0.1, 0.15) is 12.4 Å². The molecule has 0 spiro atoms. The van der Waals surface area contributed by atoms with Gasteiger partial charge in [-0.15, -0.1) is 0 Å². The van der Waals surface area contributed by atoms with Gasteiger partial charge < -0.3 is 14.2 Å². The molecule has 0 aliphatic carbocycles. The van der Waals surface area contributed by atoms with Gasteiger partial charge in [0.05, 0.1) is 14.2 Å². The molecule has 0 heterocycles. The Morgan fingerprint density at radius 1 is 0.583 bits per heavy atom. The summed E-state index contributed by atoms with van der Waals surface area (Å²) in [5, 5.41) is 0. The molecule has 0 amide bonds. The van der Waals surface area contributed by atoms with E-state index in [0.717, 1.165) is 55.3 Å². The second kappa shape index (κ2) is 13.4. The van der Waals surface area contributed by atoms with Crippen LogP contribution in [0.4, 0.5) is 0 Å². The number of hydrogen-bond acceptors (Lipinski definition) is 4. The van der Waals surface area contributed by atoms with Crippen molar-refractivity contribution in [3.8, 4) is 17.2 Å². The molecule has 0 radical (unpaired) electrons. The van der Waals surface area contributed by atoms with Crippen LogP contribution in [-0.4, -0.2) is 25.7 Å². The van der Waals surface area contributed by atoms with Crippen LogP contribution in [0.1, 0.15) is 28.7 Å². The van der Waals surface area contributed by atoms with Crippen LogP contribution in [0.2, 0.25) is 0 Å². The predicted molar refractivity (Wildman–Crippen MR) is 146 cm³/mol. The Hall–Kier alpha value is -3.76. The van der Waals surface area contributed by atoms with Gasteiger partial charge in [0.15, 0.2) is 11.5 Å². The van der Waals surface area contributed by atoms with Crippen molar-refractivity contribution < 1.29 is 14.2 Å². The lowest BCUT2D eigenvalue weighted by Gasteiger charge is -2.23. The molecule has 0 saturated carbocycles. The summed E-state index contributed by atoms with van der Waals surface area (Å²) in [6, 6.07) is 35.4. The van der Waals surface area contributed by atoms with Crippen LogP contribution in [-0.2, 0) is 26.1 Å². The lowest BCUT2D eigenvalue weighted by Crippen LogP contribution is -2.24. The summed E-state index contributed by atoms with van der Waals surface area (Å²) < 4.78 is 17.2. The van der Waals surface area contributed by atoms with Gasteiger partial charge in [0, 0.05) is 13.1 Å². The van der Waals surface area contributed by atoms with E-state index in [1.807, 2.05) is 30.3 Å². The van der Waals surface area contributed by atoms with E-state index in [2.05, 4.69) is 77.7 Å². The zero-order chi connectivity index (χ0) is 25.0. The number of aryl methyl sites for hydroxylation is 1. The monoisotopic (exact) mass is 481 g/mol. The van der Waals surface area contributed by atoms with E-state index in [1.54, 1.807) is 14.2 Å². The summed E-state index contributed by atoms with van der Waals surface area (Å²) in [4.78, 5) is 2.48. The van der Waals surface area contributed by atoms with E-state index in [4.69, 9.17) is 14.2 Å². The zero-order valence-corrected chi connectivity index (χ0v) is 21.2. The SMILES string of the molecule is COc1cccc(CN(CCCc2ccccc2)Cc2ccc(OCc3ccccc3)c(OC)c2)c1. The summed E-state index contributed by atoms with van der Waals surface area (Å²) in [5.41, 5.74) is 4.94. The summed E-state index contributed by atoms with van der Waals surface area (Å²) in [7, 11) is 3.41. The maximum absolute atomic E-state index is 6.06. The van der Waals surface area contributed by atoms with Crippen molar-refractivity contribution in [1.29, 1.82) is 0 Å². The first-order chi connectivity index (χ1) is 17.7. The van der Waals surface area contributed by atoms with Crippen LogP contribution in [0.5, 0.6) is 17.2 Å². The number of nitrogens with zero attached hydrogens (tertiary/aromatic N) is 1. The van der Waals surface area contributed by atoms with Crippen LogP contribution in [0.25, 0.3) is 0 Å². The van der Waals surface area contributed by atoms with Crippen molar-refractivity contribution in [1.82, 2.24) is 4.90 Å². The Labute approximate surface area is 215 Å². The summed E-state index contributed by atoms with van der Waals surface area (Å²) >= 11 is 0. The molecule has 4 nitrogen and oxygen atoms in total. The van der Waals surface area contributed by atoms with Crippen molar-refractivity contribution in [2.24, 2.45) is 0 Å². The molecule has 0 N–H and O–H groups in total. The quantitative estimate of drug-likeness (QED) is 0.207. The standard InChI is InChI=1S/C32H35NO3/c1-34-30-17-9-15-28(21-30)23-33(20-10-16-26-11-5-3-6-12-26)24-29-18-19-31(32(22-29)35-2)36-25-27-13-7-4-8-14-27/h3-9,11-15,17-19,21-22H,10,16,20,23-25H2,1-2H3. The van der Waals surface area contributed by atoms with E-state index >= 15 is 0 Å². The van der Waals surface area contributed by atoms with Crippen LogP contribution in [0.3, 0.4) is 0 Å². The van der Waals surface area contributed by atoms with Gasteiger partial charge in [-0.25, -0.2) is 0 Å². The van der Waals surface area contributed by atoms with Crippen LogP contribution >= 0.6 is 0 Å². The Kier molecular flexibility index (Phi) is 9.40. The Balaban J connectivity index is 1.45. The molecule has 0 aliphatic heterocycles. The highest BCUT2D eigenvalue weighted by Gasteiger charge is 2.12. The molecule has 0 aromatic heterocycles. The first-order valence-electron chi connectivity index (χ1n) is 12.5. The topological polar surface area (TPSA) is 30.9 Å². The maximum atomic E-state index is 6.06. The average molecular weight is 482 g/mol. The molecule has 186 valence electrons. The van der Waals surface area contributed by atoms with Crippen molar-refractivity contribution >= 4 is 0 Å². The second-order valence-corrected chi connectivity index (χ2v) is 8.91. The van der Waals surface area contributed by atoms with Crippen LogP contribution < -0.4 is 14.2 Å². The minimum Gasteiger partial charge on any atom is -0.497 e. The fraction of sp³-hybridized carbons (Fsp3) is 0.250. The molecule has 0 unspecified atom stereocenters. The van der Waals surface area contributed by atoms with Gasteiger partial charge in [-0.05, 0) is 65.9 Å². The van der Waals surface area contributed by atoms with Crippen molar-refractivity contribution in [3.63, 3.8) is 0 Å². The maximum Gasteiger partial charge on any atom is 0.161 e. The molecule has 36 heavy (non-hydrogen) atoms. The molecule has 4 rings (SSSR count). The number of hydrogen-bond donors (Lipinski definition) is 0. The highest BCUT2D eigenvalue weighted by molar-refractivity contribution is 5.43. The summed E-state index contributed by atoms with van der Waals surface area (Å²) in [5.74, 6) is 2.40. The first-order valence-corrected chi connectivity index (χ1v) is 12.5. The van der Waals surface area contributed by atoms with E-state index in [0.29, 0.717) is 6.61 Å². The lowest BCUT2D eigenvalue weighted by atomic mass is 10.1. The van der Waals surface area contributed by atoms with Crippen molar-refractivity contribution in [3.05, 3.63) is 125 Å². The minimum absolute atomic E-state index is 0.512. The lowest BCUT2D eigenvalue weighted by molar-refractivity contribution is 0.251. The smallest absolute Gasteiger partial charge is 0.161 e. The highest BCUT2D eigenvalue weighted by Crippen LogP contribution is 2.30. The Bertz CT molecular complexity index is 1190. The zero-order valence-electron chi connectivity index (χ0n) is 21.2.